The van der Waals surface area contributed by atoms with E-state index in [9.17, 15) is 4.39 Å². The fourth-order valence-corrected chi connectivity index (χ4v) is 2.86. The van der Waals surface area contributed by atoms with Gasteiger partial charge >= 0.3 is 0 Å². The van der Waals surface area contributed by atoms with Crippen LogP contribution in [0, 0.1) is 5.82 Å². The molecule has 0 radical (unpaired) electrons. The van der Waals surface area contributed by atoms with Crippen LogP contribution in [0.5, 0.6) is 0 Å². The third-order valence-electron chi connectivity index (χ3n) is 4.01. The highest BCUT2D eigenvalue weighted by molar-refractivity contribution is 5.54. The van der Waals surface area contributed by atoms with E-state index in [1.54, 1.807) is 12.1 Å². The molecule has 0 amide bonds. The summed E-state index contributed by atoms with van der Waals surface area (Å²) in [4.78, 5) is 4.56. The predicted octanol–water partition coefficient (Wildman–Crippen LogP) is 2.85. The van der Waals surface area contributed by atoms with Crippen molar-refractivity contribution in [2.24, 2.45) is 0 Å². The molecule has 1 atom stereocenters. The summed E-state index contributed by atoms with van der Waals surface area (Å²) in [7, 11) is 4.18. The zero-order chi connectivity index (χ0) is 15.4. The Balaban J connectivity index is 2.17. The number of hydrogen-bond donors (Lipinski definition) is 1. The number of nitrogens with one attached hydrogen (secondary N) is 1. The van der Waals surface area contributed by atoms with Crippen LogP contribution in [0.25, 0.3) is 0 Å². The van der Waals surface area contributed by atoms with Crippen molar-refractivity contribution >= 4 is 5.69 Å². The van der Waals surface area contributed by atoms with Crippen molar-refractivity contribution < 1.29 is 4.39 Å². The Labute approximate surface area is 128 Å². The number of nitrogens with zero attached hydrogens (tertiary/aromatic N) is 2. The lowest BCUT2D eigenvalue weighted by Gasteiger charge is -2.33. The molecule has 4 heteroatoms. The first kappa shape index (κ1) is 16.2. The molecule has 3 nitrogen and oxygen atoms in total. The number of hydrogen-bond acceptors (Lipinski definition) is 3. The number of likely N-dealkylation sites (N-methyl/N-ethyl adjacent to an activating group) is 2. The number of anilines is 1. The van der Waals surface area contributed by atoms with Gasteiger partial charge in [-0.1, -0.05) is 0 Å². The average Bonchev–Trinajstić information content (AvgIpc) is 3.22. The number of rotatable bonds is 8. The van der Waals surface area contributed by atoms with E-state index in [4.69, 9.17) is 0 Å². The average molecular weight is 293 g/mol. The fourth-order valence-electron chi connectivity index (χ4n) is 2.86. The molecule has 1 saturated carbocycles. The molecule has 1 aliphatic carbocycles. The van der Waals surface area contributed by atoms with Crippen molar-refractivity contribution in [2.75, 3.05) is 32.1 Å². The van der Waals surface area contributed by atoms with Crippen molar-refractivity contribution in [1.82, 2.24) is 10.2 Å². The van der Waals surface area contributed by atoms with E-state index in [1.807, 2.05) is 6.07 Å². The van der Waals surface area contributed by atoms with Gasteiger partial charge in [0.2, 0.25) is 0 Å². The first-order chi connectivity index (χ1) is 10.0. The van der Waals surface area contributed by atoms with Gasteiger partial charge in [-0.3, -0.25) is 0 Å². The Morgan fingerprint density at radius 3 is 2.62 bits per heavy atom. The van der Waals surface area contributed by atoms with E-state index >= 15 is 0 Å². The van der Waals surface area contributed by atoms with Gasteiger partial charge in [0.1, 0.15) is 5.82 Å². The maximum Gasteiger partial charge on any atom is 0.123 e. The quantitative estimate of drug-likeness (QED) is 0.795. The van der Waals surface area contributed by atoms with Crippen LogP contribution < -0.4 is 10.2 Å². The third-order valence-corrected chi connectivity index (χ3v) is 4.01. The summed E-state index contributed by atoms with van der Waals surface area (Å²) in [6, 6.07) is 6.21. The Bertz CT molecular complexity index is 457. The smallest absolute Gasteiger partial charge is 0.123 e. The second-order valence-electron chi connectivity index (χ2n) is 6.33. The molecule has 1 aromatic rings. The molecule has 0 aromatic heterocycles. The molecule has 0 saturated heterocycles. The van der Waals surface area contributed by atoms with E-state index in [1.165, 1.54) is 12.8 Å². The summed E-state index contributed by atoms with van der Waals surface area (Å²) in [6.45, 7) is 7.05. The second-order valence-corrected chi connectivity index (χ2v) is 6.33. The van der Waals surface area contributed by atoms with E-state index in [-0.39, 0.29) is 5.82 Å². The lowest BCUT2D eigenvalue weighted by molar-refractivity contribution is 0.372. The molecule has 1 aromatic carbocycles. The molecule has 0 spiro atoms. The molecule has 21 heavy (non-hydrogen) atoms. The van der Waals surface area contributed by atoms with Gasteiger partial charge in [0.25, 0.3) is 0 Å². The van der Waals surface area contributed by atoms with E-state index in [2.05, 4.69) is 43.1 Å². The van der Waals surface area contributed by atoms with Crippen molar-refractivity contribution in [3.8, 4) is 0 Å². The molecule has 0 heterocycles. The van der Waals surface area contributed by atoms with Gasteiger partial charge in [-0.05, 0) is 64.5 Å². The monoisotopic (exact) mass is 293 g/mol. The highest BCUT2D eigenvalue weighted by Gasteiger charge is 2.22. The van der Waals surface area contributed by atoms with Crippen LogP contribution in [-0.4, -0.2) is 44.2 Å². The van der Waals surface area contributed by atoms with Crippen LogP contribution in [-0.2, 0) is 6.54 Å². The van der Waals surface area contributed by atoms with Crippen LogP contribution in [0.1, 0.15) is 32.3 Å². The van der Waals surface area contributed by atoms with Crippen molar-refractivity contribution in [3.05, 3.63) is 29.6 Å². The minimum atomic E-state index is -0.150. The molecule has 1 fully saturated rings. The predicted molar refractivity (Wildman–Crippen MR) is 87.3 cm³/mol. The normalized spacial score (nSPS) is 16.3. The Morgan fingerprint density at radius 2 is 2.05 bits per heavy atom. The summed E-state index contributed by atoms with van der Waals surface area (Å²) < 4.78 is 13.6. The summed E-state index contributed by atoms with van der Waals surface area (Å²) in [5.41, 5.74) is 2.22. The SMILES string of the molecule is CCN(c1ccc(F)cc1CNC1CC1)C(C)CN(C)C. The molecule has 2 rings (SSSR count). The summed E-state index contributed by atoms with van der Waals surface area (Å²) in [5, 5.41) is 3.50. The maximum absolute atomic E-state index is 13.6. The molecular weight excluding hydrogens is 265 g/mol. The number of halogens is 1. The molecule has 1 aliphatic rings. The van der Waals surface area contributed by atoms with Gasteiger partial charge < -0.3 is 15.1 Å². The topological polar surface area (TPSA) is 18.5 Å². The van der Waals surface area contributed by atoms with Crippen LogP contribution in [0.2, 0.25) is 0 Å². The molecule has 118 valence electrons. The Hall–Kier alpha value is -1.13. The summed E-state index contributed by atoms with van der Waals surface area (Å²) in [5.74, 6) is -0.150. The summed E-state index contributed by atoms with van der Waals surface area (Å²) >= 11 is 0. The molecule has 0 bridgehead atoms. The largest absolute Gasteiger partial charge is 0.368 e. The molecule has 0 aliphatic heterocycles. The molecule has 1 unspecified atom stereocenters. The van der Waals surface area contributed by atoms with Crippen molar-refractivity contribution in [2.45, 2.75) is 45.3 Å². The van der Waals surface area contributed by atoms with Crippen LogP contribution >= 0.6 is 0 Å². The molecular formula is C17H28FN3. The Morgan fingerprint density at radius 1 is 1.33 bits per heavy atom. The van der Waals surface area contributed by atoms with Crippen LogP contribution in [0.3, 0.4) is 0 Å². The standard InChI is InChI=1S/C17H28FN3/c1-5-21(13(2)12-20(3)4)17-9-6-15(18)10-14(17)11-19-16-7-8-16/h6,9-10,13,16,19H,5,7-8,11-12H2,1-4H3. The highest BCUT2D eigenvalue weighted by atomic mass is 19.1. The lowest BCUT2D eigenvalue weighted by atomic mass is 10.1. The highest BCUT2D eigenvalue weighted by Crippen LogP contribution is 2.26. The van der Waals surface area contributed by atoms with Gasteiger partial charge in [-0.15, -0.1) is 0 Å². The Kier molecular flexibility index (Phi) is 5.59. The second kappa shape index (κ2) is 7.23. The van der Waals surface area contributed by atoms with Crippen LogP contribution in [0.4, 0.5) is 10.1 Å². The van der Waals surface area contributed by atoms with Gasteiger partial charge in [0.15, 0.2) is 0 Å². The minimum Gasteiger partial charge on any atom is -0.368 e. The van der Waals surface area contributed by atoms with Crippen molar-refractivity contribution in [3.63, 3.8) is 0 Å². The third kappa shape index (κ3) is 4.68. The summed E-state index contributed by atoms with van der Waals surface area (Å²) in [6.07, 6.45) is 2.50. The lowest BCUT2D eigenvalue weighted by Crippen LogP contribution is -2.40. The van der Waals surface area contributed by atoms with E-state index in [0.29, 0.717) is 12.1 Å². The van der Waals surface area contributed by atoms with Crippen molar-refractivity contribution in [1.29, 1.82) is 0 Å². The first-order valence-electron chi connectivity index (χ1n) is 7.94. The van der Waals surface area contributed by atoms with Gasteiger partial charge in [0, 0.05) is 37.4 Å². The zero-order valence-corrected chi connectivity index (χ0v) is 13.7. The fraction of sp³-hybridized carbons (Fsp3) is 0.647. The maximum atomic E-state index is 13.6. The minimum absolute atomic E-state index is 0.150. The molecule has 1 N–H and O–H groups in total. The van der Waals surface area contributed by atoms with Crippen LogP contribution in [0.15, 0.2) is 18.2 Å². The zero-order valence-electron chi connectivity index (χ0n) is 13.7. The van der Waals surface area contributed by atoms with Gasteiger partial charge in [-0.25, -0.2) is 4.39 Å². The van der Waals surface area contributed by atoms with Gasteiger partial charge in [-0.2, -0.15) is 0 Å². The number of benzene rings is 1. The van der Waals surface area contributed by atoms with E-state index < -0.39 is 0 Å². The first-order valence-corrected chi connectivity index (χ1v) is 7.94. The van der Waals surface area contributed by atoms with E-state index in [0.717, 1.165) is 30.9 Å². The van der Waals surface area contributed by atoms with Gasteiger partial charge in [0.05, 0.1) is 0 Å².